The van der Waals surface area contributed by atoms with Crippen LogP contribution in [0.4, 0.5) is 5.69 Å². The van der Waals surface area contributed by atoms with Gasteiger partial charge >= 0.3 is 0 Å². The second-order valence-electron chi connectivity index (χ2n) is 10.6. The predicted octanol–water partition coefficient (Wildman–Crippen LogP) is 6.76. The normalized spacial score (nSPS) is 18.2. The maximum atomic E-state index is 6.40. The molecule has 174 valence electrons. The second kappa shape index (κ2) is 8.57. The molecule has 2 aromatic heterocycles. The van der Waals surface area contributed by atoms with Gasteiger partial charge in [-0.05, 0) is 106 Å². The number of ether oxygens (including phenoxy) is 1. The largest absolute Gasteiger partial charge is 0.493 e. The van der Waals surface area contributed by atoms with E-state index in [1.807, 2.05) is 0 Å². The molecule has 33 heavy (non-hydrogen) atoms. The number of aromatic nitrogens is 2. The molecular weight excluding hydrogens is 426 g/mol. The van der Waals surface area contributed by atoms with E-state index >= 15 is 0 Å². The number of benzene rings is 1. The lowest BCUT2D eigenvalue weighted by molar-refractivity contribution is 0.300. The van der Waals surface area contributed by atoms with Crippen molar-refractivity contribution in [3.05, 3.63) is 41.5 Å². The van der Waals surface area contributed by atoms with Crippen LogP contribution in [0.1, 0.15) is 49.7 Å². The number of hydrogen-bond donors (Lipinski definition) is 0. The summed E-state index contributed by atoms with van der Waals surface area (Å²) in [6.07, 6.45) is 10.3. The van der Waals surface area contributed by atoms with Gasteiger partial charge in [0.2, 0.25) is 0 Å². The summed E-state index contributed by atoms with van der Waals surface area (Å²) in [5.74, 6) is 3.45. The highest BCUT2D eigenvalue weighted by atomic mass is 32.2. The van der Waals surface area contributed by atoms with Crippen LogP contribution in [0.2, 0.25) is 0 Å². The van der Waals surface area contributed by atoms with E-state index in [4.69, 9.17) is 9.84 Å². The van der Waals surface area contributed by atoms with E-state index in [2.05, 4.69) is 59.9 Å². The molecule has 0 N–H and O–H groups in total. The molecule has 3 saturated carbocycles. The minimum Gasteiger partial charge on any atom is -0.493 e. The Morgan fingerprint density at radius 2 is 1.70 bits per heavy atom. The van der Waals surface area contributed by atoms with Crippen molar-refractivity contribution >= 4 is 23.0 Å². The quantitative estimate of drug-likeness (QED) is 0.312. The zero-order chi connectivity index (χ0) is 22.5. The molecule has 0 saturated heterocycles. The van der Waals surface area contributed by atoms with Crippen LogP contribution in [-0.4, -0.2) is 35.6 Å². The molecule has 0 spiro atoms. The highest BCUT2D eigenvalue weighted by molar-refractivity contribution is 7.98. The fraction of sp³-hybridized carbons (Fsp3) is 0.536. The third-order valence-corrected chi connectivity index (χ3v) is 7.99. The van der Waals surface area contributed by atoms with Crippen LogP contribution < -0.4 is 9.64 Å². The Labute approximate surface area is 201 Å². The van der Waals surface area contributed by atoms with E-state index in [0.29, 0.717) is 0 Å². The average molecular weight is 462 g/mol. The number of anilines is 1. The molecule has 5 heteroatoms. The van der Waals surface area contributed by atoms with Gasteiger partial charge in [0.15, 0.2) is 0 Å². The lowest BCUT2D eigenvalue weighted by Gasteiger charge is -2.25. The zero-order valence-corrected chi connectivity index (χ0v) is 21.0. The number of aryl methyl sites for hydroxylation is 2. The number of fused-ring (bicyclic) bond motifs is 1. The van der Waals surface area contributed by atoms with Crippen molar-refractivity contribution in [1.29, 1.82) is 0 Å². The van der Waals surface area contributed by atoms with Crippen LogP contribution in [0.25, 0.3) is 16.8 Å². The molecule has 6 rings (SSSR count). The van der Waals surface area contributed by atoms with Crippen molar-refractivity contribution in [3.8, 4) is 17.0 Å². The first-order valence-corrected chi connectivity index (χ1v) is 13.9. The Hall–Kier alpha value is -2.14. The Kier molecular flexibility index (Phi) is 5.56. The van der Waals surface area contributed by atoms with Gasteiger partial charge < -0.3 is 9.64 Å². The molecule has 3 aliphatic carbocycles. The molecule has 3 fully saturated rings. The van der Waals surface area contributed by atoms with Crippen LogP contribution >= 0.6 is 11.8 Å². The highest BCUT2D eigenvalue weighted by Gasteiger charge is 2.32. The maximum absolute atomic E-state index is 6.40. The van der Waals surface area contributed by atoms with Gasteiger partial charge in [-0.3, -0.25) is 0 Å². The Morgan fingerprint density at radius 3 is 2.33 bits per heavy atom. The molecule has 3 aliphatic rings. The summed E-state index contributed by atoms with van der Waals surface area (Å²) in [5, 5.41) is 6.33. The summed E-state index contributed by atoms with van der Waals surface area (Å²) in [5.41, 5.74) is 7.39. The van der Waals surface area contributed by atoms with Crippen LogP contribution in [-0.2, 0) is 0 Å². The van der Waals surface area contributed by atoms with Gasteiger partial charge in [-0.15, -0.1) is 11.8 Å². The maximum Gasteiger partial charge on any atom is 0.142 e. The monoisotopic (exact) mass is 461 g/mol. The third-order valence-electron chi connectivity index (χ3n) is 7.33. The molecule has 0 radical (unpaired) electrons. The Morgan fingerprint density at radius 1 is 1.00 bits per heavy atom. The van der Waals surface area contributed by atoms with Gasteiger partial charge in [0.1, 0.15) is 10.8 Å². The van der Waals surface area contributed by atoms with Crippen molar-refractivity contribution in [2.75, 3.05) is 30.9 Å². The topological polar surface area (TPSA) is 29.8 Å². The fourth-order valence-electron chi connectivity index (χ4n) is 5.00. The molecule has 0 aliphatic heterocycles. The average Bonchev–Trinajstić information content (AvgIpc) is 3.64. The van der Waals surface area contributed by atoms with Gasteiger partial charge in [0.05, 0.1) is 23.5 Å². The van der Waals surface area contributed by atoms with Crippen LogP contribution in [0.15, 0.2) is 35.4 Å². The van der Waals surface area contributed by atoms with Crippen molar-refractivity contribution in [3.63, 3.8) is 0 Å². The molecular formula is C28H35N3OS. The van der Waals surface area contributed by atoms with E-state index in [0.717, 1.165) is 40.8 Å². The molecule has 0 unspecified atom stereocenters. The number of nitrogens with zero attached hydrogens (tertiary/aromatic N) is 3. The second-order valence-corrected chi connectivity index (χ2v) is 11.4. The summed E-state index contributed by atoms with van der Waals surface area (Å²) in [7, 11) is 0. The van der Waals surface area contributed by atoms with Crippen LogP contribution in [0.3, 0.4) is 0 Å². The zero-order valence-electron chi connectivity index (χ0n) is 20.1. The number of thioether (sulfide) groups is 1. The van der Waals surface area contributed by atoms with E-state index in [1.54, 1.807) is 11.8 Å². The lowest BCUT2D eigenvalue weighted by atomic mass is 10.0. The summed E-state index contributed by atoms with van der Waals surface area (Å²) in [6, 6.07) is 11.1. The van der Waals surface area contributed by atoms with Crippen molar-refractivity contribution < 1.29 is 4.74 Å². The smallest absolute Gasteiger partial charge is 0.142 e. The number of rotatable bonds is 10. The minimum atomic E-state index is 0.729. The van der Waals surface area contributed by atoms with Gasteiger partial charge in [0.25, 0.3) is 0 Å². The van der Waals surface area contributed by atoms with Gasteiger partial charge in [-0.1, -0.05) is 12.1 Å². The number of pyridine rings is 1. The van der Waals surface area contributed by atoms with Crippen molar-refractivity contribution in [1.82, 2.24) is 9.61 Å². The molecule has 0 bridgehead atoms. The van der Waals surface area contributed by atoms with Crippen LogP contribution in [0.5, 0.6) is 5.75 Å². The molecule has 3 aromatic rings. The van der Waals surface area contributed by atoms with Gasteiger partial charge in [-0.2, -0.15) is 5.10 Å². The summed E-state index contributed by atoms with van der Waals surface area (Å²) >= 11 is 1.78. The van der Waals surface area contributed by atoms with Gasteiger partial charge in [-0.25, -0.2) is 4.52 Å². The van der Waals surface area contributed by atoms with E-state index in [1.165, 1.54) is 79.5 Å². The SMILES string of the molecule is CSc1nn2c(-c3c(C)cc(C)cc3OCC3CC3)cccc2c1N(CC1CC1)CC1CC1. The summed E-state index contributed by atoms with van der Waals surface area (Å²) < 4.78 is 8.59. The van der Waals surface area contributed by atoms with E-state index in [-0.39, 0.29) is 0 Å². The van der Waals surface area contributed by atoms with Crippen LogP contribution in [0, 0.1) is 31.6 Å². The summed E-state index contributed by atoms with van der Waals surface area (Å²) in [4.78, 5) is 2.67. The van der Waals surface area contributed by atoms with Gasteiger partial charge in [0, 0.05) is 18.7 Å². The molecule has 4 nitrogen and oxygen atoms in total. The number of hydrogen-bond acceptors (Lipinski definition) is 4. The first-order chi connectivity index (χ1) is 16.1. The first-order valence-electron chi connectivity index (χ1n) is 12.7. The minimum absolute atomic E-state index is 0.729. The fourth-order valence-corrected chi connectivity index (χ4v) is 5.59. The van der Waals surface area contributed by atoms with Crippen molar-refractivity contribution in [2.24, 2.45) is 17.8 Å². The third kappa shape index (κ3) is 4.49. The molecule has 0 atom stereocenters. The van der Waals surface area contributed by atoms with E-state index in [9.17, 15) is 0 Å². The Bertz CT molecular complexity index is 1160. The molecule has 0 amide bonds. The molecule has 1 aromatic carbocycles. The molecule has 2 heterocycles. The summed E-state index contributed by atoms with van der Waals surface area (Å²) in [6.45, 7) is 7.54. The van der Waals surface area contributed by atoms with Crippen molar-refractivity contribution in [2.45, 2.75) is 57.4 Å². The Balaban J connectivity index is 1.47. The standard InChI is InChI=1S/C28H35N3OS/c1-18-13-19(2)26(25(14-18)32-17-22-11-12-22)23-5-4-6-24-27(28(33-3)29-31(23)24)30(15-20-7-8-20)16-21-9-10-21/h4-6,13-14,20-22H,7-12,15-17H2,1-3H3. The lowest BCUT2D eigenvalue weighted by Crippen LogP contribution is -2.28. The predicted molar refractivity (Wildman–Crippen MR) is 138 cm³/mol. The first kappa shape index (κ1) is 21.4. The van der Waals surface area contributed by atoms with E-state index < -0.39 is 0 Å². The highest BCUT2D eigenvalue weighted by Crippen LogP contribution is 2.43.